The van der Waals surface area contributed by atoms with Crippen LogP contribution in [0.15, 0.2) is 0 Å². The normalized spacial score (nSPS) is 28.6. The number of nitrogens with one attached hydrogen (secondary N) is 1. The maximum absolute atomic E-state index is 12.2. The van der Waals surface area contributed by atoms with E-state index in [9.17, 15) is 8.42 Å². The van der Waals surface area contributed by atoms with Crippen LogP contribution in [-0.4, -0.2) is 81.9 Å². The summed E-state index contributed by atoms with van der Waals surface area (Å²) in [6.07, 6.45) is 0.698. The summed E-state index contributed by atoms with van der Waals surface area (Å²) in [4.78, 5) is 2.41. The Balaban J connectivity index is 1.90. The van der Waals surface area contributed by atoms with Gasteiger partial charge >= 0.3 is 0 Å². The topological polar surface area (TPSA) is 61.9 Å². The van der Waals surface area contributed by atoms with Gasteiger partial charge in [-0.2, -0.15) is 0 Å². The molecular weight excluding hydrogens is 266 g/mol. The Kier molecular flexibility index (Phi) is 5.19. The summed E-state index contributed by atoms with van der Waals surface area (Å²) in [6, 6.07) is 0.384. The molecule has 0 saturated carbocycles. The van der Waals surface area contributed by atoms with Crippen molar-refractivity contribution in [1.82, 2.24) is 14.5 Å². The SMILES string of the molecule is COC(C)CS(=O)(=O)N1CCC(N2CCNCC2)C1. The maximum atomic E-state index is 12.2. The maximum Gasteiger partial charge on any atom is 0.216 e. The standard InChI is InChI=1S/C12H25N3O3S/c1-11(18-2)10-19(16,17)15-6-3-12(9-15)14-7-4-13-5-8-14/h11-13H,3-10H2,1-2H3. The van der Waals surface area contributed by atoms with Crippen LogP contribution in [0, 0.1) is 0 Å². The molecular formula is C12H25N3O3S. The summed E-state index contributed by atoms with van der Waals surface area (Å²) < 4.78 is 31.2. The van der Waals surface area contributed by atoms with Gasteiger partial charge in [-0.3, -0.25) is 4.90 Å². The lowest BCUT2D eigenvalue weighted by Gasteiger charge is -2.32. The number of hydrogen-bond donors (Lipinski definition) is 1. The van der Waals surface area contributed by atoms with Gasteiger partial charge in [0.2, 0.25) is 10.0 Å². The lowest BCUT2D eigenvalue weighted by atomic mass is 10.2. The molecule has 0 spiro atoms. The number of methoxy groups -OCH3 is 1. The molecule has 2 aliphatic rings. The van der Waals surface area contributed by atoms with Crippen molar-refractivity contribution in [2.75, 3.05) is 52.1 Å². The van der Waals surface area contributed by atoms with Crippen LogP contribution in [0.25, 0.3) is 0 Å². The van der Waals surface area contributed by atoms with Crippen LogP contribution in [0.4, 0.5) is 0 Å². The van der Waals surface area contributed by atoms with Crippen LogP contribution in [0.1, 0.15) is 13.3 Å². The van der Waals surface area contributed by atoms with E-state index < -0.39 is 10.0 Å². The Labute approximate surface area is 116 Å². The van der Waals surface area contributed by atoms with Crippen LogP contribution < -0.4 is 5.32 Å². The van der Waals surface area contributed by atoms with Gasteiger partial charge < -0.3 is 10.1 Å². The second-order valence-corrected chi connectivity index (χ2v) is 7.42. The van der Waals surface area contributed by atoms with E-state index in [1.165, 1.54) is 0 Å². The number of ether oxygens (including phenoxy) is 1. The van der Waals surface area contributed by atoms with Crippen LogP contribution in [0.2, 0.25) is 0 Å². The molecule has 2 heterocycles. The molecule has 112 valence electrons. The highest BCUT2D eigenvalue weighted by atomic mass is 32.2. The molecule has 2 unspecified atom stereocenters. The third-order valence-corrected chi connectivity index (χ3v) is 6.04. The van der Waals surface area contributed by atoms with E-state index in [-0.39, 0.29) is 11.9 Å². The summed E-state index contributed by atoms with van der Waals surface area (Å²) >= 11 is 0. The van der Waals surface area contributed by atoms with Gasteiger partial charge in [0.15, 0.2) is 0 Å². The van der Waals surface area contributed by atoms with E-state index in [2.05, 4.69) is 10.2 Å². The second-order valence-electron chi connectivity index (χ2n) is 5.41. The number of piperazine rings is 1. The number of nitrogens with zero attached hydrogens (tertiary/aromatic N) is 2. The van der Waals surface area contributed by atoms with Gasteiger partial charge in [-0.25, -0.2) is 12.7 Å². The Hall–Kier alpha value is -0.210. The Morgan fingerprint density at radius 3 is 2.63 bits per heavy atom. The monoisotopic (exact) mass is 291 g/mol. The van der Waals surface area contributed by atoms with Crippen molar-refractivity contribution in [1.29, 1.82) is 0 Å². The largest absolute Gasteiger partial charge is 0.381 e. The molecule has 0 aromatic carbocycles. The lowest BCUT2D eigenvalue weighted by molar-refractivity contribution is 0.135. The quantitative estimate of drug-likeness (QED) is 0.728. The molecule has 2 aliphatic heterocycles. The summed E-state index contributed by atoms with van der Waals surface area (Å²) in [5.74, 6) is 0.0811. The number of sulfonamides is 1. The van der Waals surface area contributed by atoms with Crippen LogP contribution in [0.3, 0.4) is 0 Å². The van der Waals surface area contributed by atoms with Crippen molar-refractivity contribution >= 4 is 10.0 Å². The zero-order chi connectivity index (χ0) is 13.9. The van der Waals surface area contributed by atoms with E-state index in [0.717, 1.165) is 32.6 Å². The highest BCUT2D eigenvalue weighted by Gasteiger charge is 2.35. The van der Waals surface area contributed by atoms with E-state index >= 15 is 0 Å². The van der Waals surface area contributed by atoms with Crippen LogP contribution in [0.5, 0.6) is 0 Å². The molecule has 19 heavy (non-hydrogen) atoms. The van der Waals surface area contributed by atoms with Gasteiger partial charge in [0.1, 0.15) is 0 Å². The van der Waals surface area contributed by atoms with E-state index in [0.29, 0.717) is 19.1 Å². The first-order valence-corrected chi connectivity index (χ1v) is 8.59. The molecule has 0 radical (unpaired) electrons. The lowest BCUT2D eigenvalue weighted by Crippen LogP contribution is -2.49. The minimum absolute atomic E-state index is 0.0811. The fraction of sp³-hybridized carbons (Fsp3) is 1.00. The Bertz CT molecular complexity index is 382. The van der Waals surface area contributed by atoms with E-state index in [1.807, 2.05) is 0 Å². The van der Waals surface area contributed by atoms with E-state index in [4.69, 9.17) is 4.74 Å². The highest BCUT2D eigenvalue weighted by Crippen LogP contribution is 2.20. The fourth-order valence-electron chi connectivity index (χ4n) is 2.78. The molecule has 2 atom stereocenters. The average Bonchev–Trinajstić information content (AvgIpc) is 2.89. The zero-order valence-electron chi connectivity index (χ0n) is 11.8. The van der Waals surface area contributed by atoms with E-state index in [1.54, 1.807) is 18.3 Å². The summed E-state index contributed by atoms with van der Waals surface area (Å²) in [5, 5.41) is 3.32. The Morgan fingerprint density at radius 2 is 2.00 bits per heavy atom. The summed E-state index contributed by atoms with van der Waals surface area (Å²) in [5.41, 5.74) is 0. The van der Waals surface area contributed by atoms with Crippen molar-refractivity contribution in [3.05, 3.63) is 0 Å². The molecule has 0 bridgehead atoms. The molecule has 0 aromatic rings. The summed E-state index contributed by atoms with van der Waals surface area (Å²) in [7, 11) is -1.63. The van der Waals surface area contributed by atoms with Crippen molar-refractivity contribution in [3.63, 3.8) is 0 Å². The van der Waals surface area contributed by atoms with Gasteiger partial charge in [-0.05, 0) is 13.3 Å². The first kappa shape index (κ1) is 15.2. The smallest absolute Gasteiger partial charge is 0.216 e. The first-order valence-electron chi connectivity index (χ1n) is 6.98. The van der Waals surface area contributed by atoms with Crippen molar-refractivity contribution in [2.45, 2.75) is 25.5 Å². The van der Waals surface area contributed by atoms with Crippen molar-refractivity contribution in [3.8, 4) is 0 Å². The van der Waals surface area contributed by atoms with Gasteiger partial charge in [-0.15, -0.1) is 0 Å². The molecule has 2 rings (SSSR count). The molecule has 6 nitrogen and oxygen atoms in total. The molecule has 0 aliphatic carbocycles. The van der Waals surface area contributed by atoms with Gasteiger partial charge in [0.05, 0.1) is 11.9 Å². The van der Waals surface area contributed by atoms with Gasteiger partial charge in [-0.1, -0.05) is 0 Å². The summed E-state index contributed by atoms with van der Waals surface area (Å²) in [6.45, 7) is 7.13. The first-order chi connectivity index (χ1) is 9.03. The average molecular weight is 291 g/mol. The Morgan fingerprint density at radius 1 is 1.32 bits per heavy atom. The van der Waals surface area contributed by atoms with Crippen molar-refractivity contribution < 1.29 is 13.2 Å². The molecule has 2 saturated heterocycles. The van der Waals surface area contributed by atoms with Gasteiger partial charge in [0.25, 0.3) is 0 Å². The molecule has 1 N–H and O–H groups in total. The molecule has 2 fully saturated rings. The molecule has 0 amide bonds. The minimum Gasteiger partial charge on any atom is -0.381 e. The number of rotatable bonds is 5. The van der Waals surface area contributed by atoms with Gasteiger partial charge in [0, 0.05) is 52.4 Å². The van der Waals surface area contributed by atoms with Crippen LogP contribution >= 0.6 is 0 Å². The fourth-order valence-corrected chi connectivity index (χ4v) is 4.50. The third-order valence-electron chi connectivity index (χ3n) is 4.04. The zero-order valence-corrected chi connectivity index (χ0v) is 12.7. The molecule has 7 heteroatoms. The molecule has 0 aromatic heterocycles. The highest BCUT2D eigenvalue weighted by molar-refractivity contribution is 7.89. The van der Waals surface area contributed by atoms with Crippen molar-refractivity contribution in [2.24, 2.45) is 0 Å². The predicted octanol–water partition coefficient (Wildman–Crippen LogP) is -0.669. The third kappa shape index (κ3) is 3.88. The minimum atomic E-state index is -3.18. The second kappa shape index (κ2) is 6.49. The number of hydrogen-bond acceptors (Lipinski definition) is 5. The van der Waals surface area contributed by atoms with Crippen LogP contribution in [-0.2, 0) is 14.8 Å². The predicted molar refractivity (Wildman–Crippen MR) is 74.7 cm³/mol.